The average molecular weight is 591 g/mol. The van der Waals surface area contributed by atoms with Crippen LogP contribution in [0.3, 0.4) is 0 Å². The summed E-state index contributed by atoms with van der Waals surface area (Å²) < 4.78 is 3.15. The minimum Gasteiger partial charge on any atom is -0.365 e. The molecule has 5 aromatic rings. The van der Waals surface area contributed by atoms with Gasteiger partial charge >= 0.3 is 0 Å². The van der Waals surface area contributed by atoms with Gasteiger partial charge in [0.1, 0.15) is 12.1 Å². The number of aromatic nitrogens is 5. The first-order valence-corrected chi connectivity index (χ1v) is 13.4. The average Bonchev–Trinajstić information content (AvgIpc) is 3.59. The van der Waals surface area contributed by atoms with E-state index in [4.69, 9.17) is 23.2 Å². The maximum atomic E-state index is 13.5. The fourth-order valence-corrected chi connectivity index (χ4v) is 5.17. The van der Waals surface area contributed by atoms with Crippen LogP contribution in [0.15, 0.2) is 84.8 Å². The number of halogens is 2. The molecule has 9 nitrogen and oxygen atoms in total. The van der Waals surface area contributed by atoms with E-state index in [-0.39, 0.29) is 34.0 Å². The third-order valence-corrected chi connectivity index (χ3v) is 7.47. The Morgan fingerprint density at radius 3 is 2.55 bits per heavy atom. The topological polar surface area (TPSA) is 112 Å². The molecule has 5 rings (SSSR count). The highest BCUT2D eigenvalue weighted by molar-refractivity contribution is 7.16. The predicted octanol–water partition coefficient (Wildman–Crippen LogP) is 5.70. The molecule has 0 unspecified atom stereocenters. The highest BCUT2D eigenvalue weighted by Crippen LogP contribution is 2.27. The smallest absolute Gasteiger partial charge is 0.281 e. The van der Waals surface area contributed by atoms with E-state index in [2.05, 4.69) is 27.0 Å². The Hall–Kier alpha value is -4.38. The van der Waals surface area contributed by atoms with E-state index in [9.17, 15) is 14.4 Å². The van der Waals surface area contributed by atoms with Gasteiger partial charge in [-0.15, -0.1) is 11.3 Å². The largest absolute Gasteiger partial charge is 0.365 e. The van der Waals surface area contributed by atoms with Crippen LogP contribution in [0, 0.1) is 0 Å². The lowest BCUT2D eigenvalue weighted by Gasteiger charge is -2.09. The van der Waals surface area contributed by atoms with Gasteiger partial charge in [-0.2, -0.15) is 9.78 Å². The molecule has 0 spiro atoms. The first kappa shape index (κ1) is 27.2. The van der Waals surface area contributed by atoms with E-state index in [1.54, 1.807) is 42.5 Å². The molecule has 0 saturated heterocycles. The zero-order valence-corrected chi connectivity index (χ0v) is 23.1. The molecule has 4 heterocycles. The number of nitrogens with one attached hydrogen (secondary N) is 1. The molecule has 1 aromatic carbocycles. The van der Waals surface area contributed by atoms with Gasteiger partial charge in [0.25, 0.3) is 11.5 Å². The van der Waals surface area contributed by atoms with Crippen LogP contribution in [-0.4, -0.2) is 36.0 Å². The second-order valence-electron chi connectivity index (χ2n) is 8.54. The summed E-state index contributed by atoms with van der Waals surface area (Å²) in [5, 5.41) is 8.09. The number of rotatable bonds is 9. The molecule has 0 bridgehead atoms. The molecule has 0 amide bonds. The third-order valence-electron chi connectivity index (χ3n) is 5.90. The van der Waals surface area contributed by atoms with Gasteiger partial charge in [0.15, 0.2) is 5.78 Å². The van der Waals surface area contributed by atoms with E-state index in [0.717, 1.165) is 4.88 Å². The quantitative estimate of drug-likeness (QED) is 0.219. The number of carbonyl (C=O) groups is 2. The Bertz CT molecular complexity index is 1800. The van der Waals surface area contributed by atoms with E-state index in [1.165, 1.54) is 51.6 Å². The van der Waals surface area contributed by atoms with E-state index in [0.29, 0.717) is 28.0 Å². The summed E-state index contributed by atoms with van der Waals surface area (Å²) in [5.74, 6) is -0.383. The Morgan fingerprint density at radius 2 is 1.85 bits per heavy atom. The molecule has 200 valence electrons. The third kappa shape index (κ3) is 5.79. The number of hydrogen-bond acceptors (Lipinski definition) is 8. The summed E-state index contributed by atoms with van der Waals surface area (Å²) >= 11 is 13.8. The number of Topliss-reactive ketones (excluding diaryl/α,β-unsaturated/α-hetero) is 1. The molecule has 0 aliphatic heterocycles. The normalized spacial score (nSPS) is 10.8. The minimum absolute atomic E-state index is 0.246. The zero-order chi connectivity index (χ0) is 28.2. The first-order valence-electron chi connectivity index (χ1n) is 11.9. The SMILES string of the molecule is C=Cc1cc(-c2cc(NCc3ccc(Cl)s3)n(C(=O)c3ccccc3Cl)n2)cn(CC(=O)c2cncnc2)c1=O. The molecule has 0 aliphatic rings. The van der Waals surface area contributed by atoms with Gasteiger partial charge in [0, 0.05) is 40.7 Å². The van der Waals surface area contributed by atoms with Crippen molar-refractivity contribution in [1.29, 1.82) is 0 Å². The Labute approximate surface area is 242 Å². The first-order chi connectivity index (χ1) is 19.3. The monoisotopic (exact) mass is 590 g/mol. The van der Waals surface area contributed by atoms with Crippen LogP contribution in [0.2, 0.25) is 9.36 Å². The molecule has 1 N–H and O–H groups in total. The summed E-state index contributed by atoms with van der Waals surface area (Å²) in [7, 11) is 0. The molecule has 12 heteroatoms. The number of hydrogen-bond donors (Lipinski definition) is 1. The van der Waals surface area contributed by atoms with Crippen LogP contribution < -0.4 is 10.9 Å². The Morgan fingerprint density at radius 1 is 1.07 bits per heavy atom. The molecule has 0 aliphatic carbocycles. The van der Waals surface area contributed by atoms with E-state index >= 15 is 0 Å². The minimum atomic E-state index is -0.444. The maximum absolute atomic E-state index is 13.5. The van der Waals surface area contributed by atoms with Gasteiger partial charge in [-0.1, -0.05) is 48.0 Å². The van der Waals surface area contributed by atoms with Crippen molar-refractivity contribution in [2.45, 2.75) is 13.1 Å². The molecule has 0 radical (unpaired) electrons. The second kappa shape index (κ2) is 11.8. The van der Waals surface area contributed by atoms with Crippen molar-refractivity contribution >= 4 is 58.1 Å². The number of thiophene rings is 1. The van der Waals surface area contributed by atoms with E-state index < -0.39 is 11.5 Å². The number of anilines is 1. The van der Waals surface area contributed by atoms with Gasteiger partial charge in [0.2, 0.25) is 0 Å². The lowest BCUT2D eigenvalue weighted by Crippen LogP contribution is -2.26. The highest BCUT2D eigenvalue weighted by Gasteiger charge is 2.21. The van der Waals surface area contributed by atoms with Crippen molar-refractivity contribution < 1.29 is 9.59 Å². The molecular formula is C28H20Cl2N6O3S. The lowest BCUT2D eigenvalue weighted by atomic mass is 10.1. The molecule has 40 heavy (non-hydrogen) atoms. The van der Waals surface area contributed by atoms with Crippen LogP contribution in [-0.2, 0) is 13.1 Å². The van der Waals surface area contributed by atoms with Crippen LogP contribution in [0.1, 0.15) is 31.2 Å². The molecule has 0 atom stereocenters. The summed E-state index contributed by atoms with van der Waals surface area (Å²) in [4.78, 5) is 48.0. The number of carbonyl (C=O) groups excluding carboxylic acids is 2. The molecule has 0 saturated carbocycles. The van der Waals surface area contributed by atoms with Crippen LogP contribution in [0.25, 0.3) is 17.3 Å². The molecule has 0 fully saturated rings. The van der Waals surface area contributed by atoms with Gasteiger partial charge in [-0.05, 0) is 30.3 Å². The summed E-state index contributed by atoms with van der Waals surface area (Å²) in [6.07, 6.45) is 7.02. The second-order valence-corrected chi connectivity index (χ2v) is 10.7. The van der Waals surface area contributed by atoms with Crippen molar-refractivity contribution in [2.24, 2.45) is 0 Å². The lowest BCUT2D eigenvalue weighted by molar-refractivity contribution is 0.0945. The van der Waals surface area contributed by atoms with Crippen LogP contribution in [0.5, 0.6) is 0 Å². The van der Waals surface area contributed by atoms with Crippen molar-refractivity contribution in [1.82, 2.24) is 24.3 Å². The Balaban J connectivity index is 1.56. The fourth-order valence-electron chi connectivity index (χ4n) is 3.93. The molecular weight excluding hydrogens is 571 g/mol. The van der Waals surface area contributed by atoms with Gasteiger partial charge < -0.3 is 9.88 Å². The number of nitrogens with zero attached hydrogens (tertiary/aromatic N) is 5. The van der Waals surface area contributed by atoms with Crippen LogP contribution in [0.4, 0.5) is 5.82 Å². The zero-order valence-electron chi connectivity index (χ0n) is 20.8. The van der Waals surface area contributed by atoms with Crippen molar-refractivity contribution in [3.8, 4) is 11.3 Å². The number of ketones is 1. The fraction of sp³-hybridized carbons (Fsp3) is 0.0714. The number of pyridine rings is 1. The van der Waals surface area contributed by atoms with E-state index in [1.807, 2.05) is 6.07 Å². The van der Waals surface area contributed by atoms with Crippen LogP contribution >= 0.6 is 34.5 Å². The van der Waals surface area contributed by atoms with Crippen molar-refractivity contribution in [3.05, 3.63) is 121 Å². The maximum Gasteiger partial charge on any atom is 0.281 e. The van der Waals surface area contributed by atoms with Crippen molar-refractivity contribution in [3.63, 3.8) is 0 Å². The van der Waals surface area contributed by atoms with Gasteiger partial charge in [0.05, 0.1) is 39.3 Å². The standard InChI is InChI=1S/C28H20Cl2N6O3S/c1-2-17-9-18(14-35(27(17)38)15-24(37)19-11-31-16-32-12-19)23-10-26(33-13-20-7-8-25(30)40-20)36(34-23)28(39)21-5-3-4-6-22(21)29/h2-12,14,16,33H,1,13,15H2. The van der Waals surface area contributed by atoms with Gasteiger partial charge in [-0.3, -0.25) is 14.4 Å². The summed E-state index contributed by atoms with van der Waals surface area (Å²) in [5.41, 5.74) is 1.30. The molecule has 4 aromatic heterocycles. The summed E-state index contributed by atoms with van der Waals surface area (Å²) in [6, 6.07) is 13.7. The summed E-state index contributed by atoms with van der Waals surface area (Å²) in [6.45, 7) is 3.88. The predicted molar refractivity (Wildman–Crippen MR) is 156 cm³/mol. The van der Waals surface area contributed by atoms with Crippen molar-refractivity contribution in [2.75, 3.05) is 5.32 Å². The highest BCUT2D eigenvalue weighted by atomic mass is 35.5. The number of benzene rings is 1. The Kier molecular flexibility index (Phi) is 8.01. The van der Waals surface area contributed by atoms with Gasteiger partial charge in [-0.25, -0.2) is 9.97 Å².